The highest BCUT2D eigenvalue weighted by atomic mass is 16.6. The number of nitrogen functional groups attached to an aromatic ring is 1. The van der Waals surface area contributed by atoms with Crippen LogP contribution in [0.25, 0.3) is 11.3 Å². The standard InChI is InChI=1S/C20H26N4O2/c1-14-17(22-24(18(14)21)16-8-6-5-7-9-16)15-10-12-23(13-11-15)19(25)26-20(2,3)4/h5-10H,11-13,21H2,1-4H3. The number of rotatable bonds is 2. The Morgan fingerprint density at radius 1 is 1.23 bits per heavy atom. The van der Waals surface area contributed by atoms with Gasteiger partial charge in [-0.15, -0.1) is 0 Å². The van der Waals surface area contributed by atoms with Crippen molar-refractivity contribution in [2.75, 3.05) is 18.8 Å². The van der Waals surface area contributed by atoms with Crippen LogP contribution in [0.1, 0.15) is 38.4 Å². The third kappa shape index (κ3) is 3.74. The van der Waals surface area contributed by atoms with Gasteiger partial charge in [-0.2, -0.15) is 5.10 Å². The Morgan fingerprint density at radius 2 is 1.92 bits per heavy atom. The number of nitrogens with two attached hydrogens (primary N) is 1. The van der Waals surface area contributed by atoms with Gasteiger partial charge in [-0.3, -0.25) is 0 Å². The van der Waals surface area contributed by atoms with Gasteiger partial charge in [0.05, 0.1) is 11.4 Å². The fourth-order valence-electron chi connectivity index (χ4n) is 2.96. The van der Waals surface area contributed by atoms with Gasteiger partial charge in [0, 0.05) is 18.7 Å². The van der Waals surface area contributed by atoms with Crippen LogP contribution in [-0.4, -0.2) is 39.5 Å². The Balaban J connectivity index is 1.80. The van der Waals surface area contributed by atoms with Crippen LogP contribution in [0.2, 0.25) is 0 Å². The summed E-state index contributed by atoms with van der Waals surface area (Å²) in [5.41, 5.74) is 9.70. The van der Waals surface area contributed by atoms with Crippen molar-refractivity contribution < 1.29 is 9.53 Å². The fourth-order valence-corrected chi connectivity index (χ4v) is 2.96. The molecule has 0 bridgehead atoms. The summed E-state index contributed by atoms with van der Waals surface area (Å²) in [6.07, 6.45) is 2.49. The van der Waals surface area contributed by atoms with Crippen molar-refractivity contribution in [1.29, 1.82) is 0 Å². The lowest BCUT2D eigenvalue weighted by molar-refractivity contribution is 0.0270. The summed E-state index contributed by atoms with van der Waals surface area (Å²) in [4.78, 5) is 13.9. The molecule has 0 radical (unpaired) electrons. The highest BCUT2D eigenvalue weighted by Gasteiger charge is 2.25. The number of hydrogen-bond acceptors (Lipinski definition) is 4. The Hall–Kier alpha value is -2.76. The van der Waals surface area contributed by atoms with E-state index in [9.17, 15) is 4.79 Å². The molecule has 0 atom stereocenters. The van der Waals surface area contributed by atoms with Crippen molar-refractivity contribution in [3.8, 4) is 5.69 Å². The Labute approximate surface area is 154 Å². The summed E-state index contributed by atoms with van der Waals surface area (Å²) in [5.74, 6) is 0.640. The van der Waals surface area contributed by atoms with E-state index in [0.717, 1.165) is 28.9 Å². The Kier molecular flexibility index (Phi) is 4.76. The molecule has 1 aromatic carbocycles. The molecule has 6 nitrogen and oxygen atoms in total. The fraction of sp³-hybridized carbons (Fsp3) is 0.400. The normalized spacial score (nSPS) is 14.9. The van der Waals surface area contributed by atoms with Crippen LogP contribution < -0.4 is 5.73 Å². The minimum Gasteiger partial charge on any atom is -0.444 e. The maximum Gasteiger partial charge on any atom is 0.410 e. The van der Waals surface area contributed by atoms with E-state index in [0.29, 0.717) is 18.9 Å². The first kappa shape index (κ1) is 18.0. The van der Waals surface area contributed by atoms with Gasteiger partial charge in [0.2, 0.25) is 0 Å². The van der Waals surface area contributed by atoms with E-state index in [-0.39, 0.29) is 6.09 Å². The molecule has 1 aliphatic heterocycles. The molecule has 0 unspecified atom stereocenters. The zero-order valence-electron chi connectivity index (χ0n) is 15.8. The van der Waals surface area contributed by atoms with E-state index < -0.39 is 5.60 Å². The van der Waals surface area contributed by atoms with E-state index in [2.05, 4.69) is 0 Å². The number of ether oxygens (including phenoxy) is 1. The van der Waals surface area contributed by atoms with E-state index in [1.54, 1.807) is 9.58 Å². The van der Waals surface area contributed by atoms with Gasteiger partial charge < -0.3 is 15.4 Å². The Bertz CT molecular complexity index is 831. The summed E-state index contributed by atoms with van der Waals surface area (Å²) in [6.45, 7) is 8.73. The van der Waals surface area contributed by atoms with Crippen LogP contribution >= 0.6 is 0 Å². The van der Waals surface area contributed by atoms with Crippen molar-refractivity contribution in [2.24, 2.45) is 0 Å². The van der Waals surface area contributed by atoms with Gasteiger partial charge in [0.25, 0.3) is 0 Å². The van der Waals surface area contributed by atoms with Crippen LogP contribution in [0.15, 0.2) is 36.4 Å². The van der Waals surface area contributed by atoms with Crippen molar-refractivity contribution >= 4 is 17.5 Å². The lowest BCUT2D eigenvalue weighted by Gasteiger charge is -2.29. The summed E-state index contributed by atoms with van der Waals surface area (Å²) in [5, 5.41) is 4.72. The molecule has 6 heteroatoms. The minimum absolute atomic E-state index is 0.279. The molecule has 2 N–H and O–H groups in total. The SMILES string of the molecule is Cc1c(C2=CCN(C(=O)OC(C)(C)C)CC2)nn(-c2ccccc2)c1N. The molecule has 2 aromatic rings. The lowest BCUT2D eigenvalue weighted by Crippen LogP contribution is -2.39. The summed E-state index contributed by atoms with van der Waals surface area (Å²) < 4.78 is 7.21. The van der Waals surface area contributed by atoms with E-state index in [1.165, 1.54) is 0 Å². The predicted octanol–water partition coefficient (Wildman–Crippen LogP) is 3.79. The number of para-hydroxylation sites is 1. The number of carbonyl (C=O) groups excluding carboxylic acids is 1. The van der Waals surface area contributed by atoms with Crippen LogP contribution in [0.4, 0.5) is 10.6 Å². The third-order valence-corrected chi connectivity index (χ3v) is 4.33. The summed E-state index contributed by atoms with van der Waals surface area (Å²) >= 11 is 0. The highest BCUT2D eigenvalue weighted by Crippen LogP contribution is 2.29. The van der Waals surface area contributed by atoms with Gasteiger partial charge in [0.1, 0.15) is 11.4 Å². The molecule has 1 aliphatic rings. The molecule has 2 heterocycles. The number of carbonyl (C=O) groups is 1. The summed E-state index contributed by atoms with van der Waals surface area (Å²) in [6, 6.07) is 9.85. The molecule has 26 heavy (non-hydrogen) atoms. The first-order valence-corrected chi connectivity index (χ1v) is 8.84. The minimum atomic E-state index is -0.486. The molecule has 1 amide bonds. The zero-order chi connectivity index (χ0) is 18.9. The monoisotopic (exact) mass is 354 g/mol. The molecule has 1 aromatic heterocycles. The molecule has 138 valence electrons. The molecular formula is C20H26N4O2. The first-order valence-electron chi connectivity index (χ1n) is 8.84. The molecule has 0 aliphatic carbocycles. The van der Waals surface area contributed by atoms with Gasteiger partial charge in [-0.1, -0.05) is 24.3 Å². The van der Waals surface area contributed by atoms with Crippen molar-refractivity contribution in [2.45, 2.75) is 39.7 Å². The number of amides is 1. The predicted molar refractivity (Wildman–Crippen MR) is 103 cm³/mol. The smallest absolute Gasteiger partial charge is 0.410 e. The average molecular weight is 354 g/mol. The molecular weight excluding hydrogens is 328 g/mol. The number of hydrogen-bond donors (Lipinski definition) is 1. The number of nitrogens with zero attached hydrogens (tertiary/aromatic N) is 3. The quantitative estimate of drug-likeness (QED) is 0.890. The lowest BCUT2D eigenvalue weighted by atomic mass is 10.0. The highest BCUT2D eigenvalue weighted by molar-refractivity contribution is 5.74. The second-order valence-electron chi connectivity index (χ2n) is 7.51. The maximum atomic E-state index is 12.2. The third-order valence-electron chi connectivity index (χ3n) is 4.33. The van der Waals surface area contributed by atoms with Crippen molar-refractivity contribution in [3.05, 3.63) is 47.7 Å². The van der Waals surface area contributed by atoms with Crippen LogP contribution in [0, 0.1) is 6.92 Å². The number of aromatic nitrogens is 2. The van der Waals surface area contributed by atoms with Crippen LogP contribution in [0.3, 0.4) is 0 Å². The van der Waals surface area contributed by atoms with Gasteiger partial charge in [-0.25, -0.2) is 9.48 Å². The second-order valence-corrected chi connectivity index (χ2v) is 7.51. The maximum absolute atomic E-state index is 12.2. The first-order chi connectivity index (χ1) is 12.3. The van der Waals surface area contributed by atoms with Crippen LogP contribution in [-0.2, 0) is 4.74 Å². The van der Waals surface area contributed by atoms with E-state index in [1.807, 2.05) is 64.1 Å². The topological polar surface area (TPSA) is 73.4 Å². The number of benzene rings is 1. The van der Waals surface area contributed by atoms with Crippen molar-refractivity contribution in [1.82, 2.24) is 14.7 Å². The summed E-state index contributed by atoms with van der Waals surface area (Å²) in [7, 11) is 0. The second kappa shape index (κ2) is 6.86. The van der Waals surface area contributed by atoms with Gasteiger partial charge in [0.15, 0.2) is 0 Å². The van der Waals surface area contributed by atoms with Crippen molar-refractivity contribution in [3.63, 3.8) is 0 Å². The molecule has 3 rings (SSSR count). The van der Waals surface area contributed by atoms with E-state index >= 15 is 0 Å². The van der Waals surface area contributed by atoms with Gasteiger partial charge >= 0.3 is 6.09 Å². The molecule has 0 saturated carbocycles. The largest absolute Gasteiger partial charge is 0.444 e. The van der Waals surface area contributed by atoms with Gasteiger partial charge in [-0.05, 0) is 51.8 Å². The zero-order valence-corrected chi connectivity index (χ0v) is 15.8. The molecule has 0 fully saturated rings. The Morgan fingerprint density at radius 3 is 2.50 bits per heavy atom. The van der Waals surface area contributed by atoms with E-state index in [4.69, 9.17) is 15.6 Å². The molecule has 0 saturated heterocycles. The average Bonchev–Trinajstić information content (AvgIpc) is 2.90. The van der Waals surface area contributed by atoms with Crippen LogP contribution in [0.5, 0.6) is 0 Å². The number of anilines is 1. The molecule has 0 spiro atoms.